The van der Waals surface area contributed by atoms with Crippen molar-refractivity contribution in [1.29, 1.82) is 5.26 Å². The van der Waals surface area contributed by atoms with E-state index in [1.165, 1.54) is 11.3 Å². The summed E-state index contributed by atoms with van der Waals surface area (Å²) in [5, 5.41) is 17.9. The zero-order valence-corrected chi connectivity index (χ0v) is 9.03. The first-order valence-corrected chi connectivity index (χ1v) is 5.21. The van der Waals surface area contributed by atoms with E-state index in [2.05, 4.69) is 26.4 Å². The van der Waals surface area contributed by atoms with E-state index in [-0.39, 0.29) is 0 Å². The van der Waals surface area contributed by atoms with Crippen LogP contribution in [-0.2, 0) is 0 Å². The minimum atomic E-state index is -0.419. The molecule has 0 aliphatic carbocycles. The molecule has 1 aromatic heterocycles. The smallest absolute Gasteiger partial charge is 0.148 e. The highest BCUT2D eigenvalue weighted by Crippen LogP contribution is 2.16. The molecule has 0 saturated heterocycles. The Kier molecular flexibility index (Phi) is 4.57. The number of nitrogens with zero attached hydrogens (tertiary/aromatic N) is 5. The van der Waals surface area contributed by atoms with Gasteiger partial charge in [-0.3, -0.25) is 5.32 Å². The number of rotatable bonds is 5. The van der Waals surface area contributed by atoms with Gasteiger partial charge in [-0.05, 0) is 12.5 Å². The molecule has 0 aliphatic rings. The Morgan fingerprint density at radius 3 is 3.20 bits per heavy atom. The van der Waals surface area contributed by atoms with Crippen molar-refractivity contribution >= 4 is 11.3 Å². The molecule has 1 unspecified atom stereocenters. The van der Waals surface area contributed by atoms with Gasteiger partial charge in [0.25, 0.3) is 0 Å². The van der Waals surface area contributed by atoms with Gasteiger partial charge in [0.1, 0.15) is 11.0 Å². The lowest BCUT2D eigenvalue weighted by molar-refractivity contribution is 0.631. The molecule has 1 atom stereocenters. The highest BCUT2D eigenvalue weighted by atomic mass is 32.1. The van der Waals surface area contributed by atoms with Gasteiger partial charge in [0.2, 0.25) is 0 Å². The second kappa shape index (κ2) is 5.98. The van der Waals surface area contributed by atoms with Gasteiger partial charge in [0.15, 0.2) is 0 Å². The highest BCUT2D eigenvalue weighted by Gasteiger charge is 2.12. The fraction of sp³-hybridized carbons (Fsp3) is 0.500. The zero-order valence-electron chi connectivity index (χ0n) is 8.21. The molecule has 6 nitrogen and oxygen atoms in total. The van der Waals surface area contributed by atoms with E-state index in [0.717, 1.165) is 10.7 Å². The third-order valence-corrected chi connectivity index (χ3v) is 2.66. The largest absolute Gasteiger partial charge is 0.296 e. The molecular formula is C8H10N6S. The molecule has 15 heavy (non-hydrogen) atoms. The molecule has 7 heteroatoms. The minimum absolute atomic E-state index is 0.332. The number of hydrogen-bond acceptors (Lipinski definition) is 5. The summed E-state index contributed by atoms with van der Waals surface area (Å²) >= 11 is 1.45. The molecule has 0 spiro atoms. The number of hydrogen-bond donors (Lipinski definition) is 1. The maximum Gasteiger partial charge on any atom is 0.148 e. The van der Waals surface area contributed by atoms with E-state index in [0.29, 0.717) is 13.1 Å². The topological polar surface area (TPSA) is 97.5 Å². The first-order valence-electron chi connectivity index (χ1n) is 4.34. The number of aryl methyl sites for hydroxylation is 1. The van der Waals surface area contributed by atoms with Gasteiger partial charge in [-0.25, -0.2) is 4.98 Å². The lowest BCUT2D eigenvalue weighted by Gasteiger charge is -2.06. The Balaban J connectivity index is 2.50. The highest BCUT2D eigenvalue weighted by molar-refractivity contribution is 7.09. The molecular weight excluding hydrogens is 212 g/mol. The summed E-state index contributed by atoms with van der Waals surface area (Å²) in [6.07, 6.45) is 0. The van der Waals surface area contributed by atoms with Crippen molar-refractivity contribution in [2.45, 2.75) is 13.0 Å². The number of thiazole rings is 1. The van der Waals surface area contributed by atoms with Crippen molar-refractivity contribution in [2.75, 3.05) is 13.1 Å². The predicted molar refractivity (Wildman–Crippen MR) is 57.2 cm³/mol. The van der Waals surface area contributed by atoms with Crippen molar-refractivity contribution in [1.82, 2.24) is 10.3 Å². The van der Waals surface area contributed by atoms with Crippen LogP contribution in [0.1, 0.15) is 16.7 Å². The number of nitrogens with one attached hydrogen (secondary N) is 1. The van der Waals surface area contributed by atoms with Crippen LogP contribution < -0.4 is 5.32 Å². The van der Waals surface area contributed by atoms with E-state index in [1.807, 2.05) is 12.3 Å². The van der Waals surface area contributed by atoms with Gasteiger partial charge in [-0.2, -0.15) is 5.26 Å². The first-order chi connectivity index (χ1) is 7.27. The van der Waals surface area contributed by atoms with Crippen LogP contribution in [0.5, 0.6) is 0 Å². The molecule has 0 fully saturated rings. The van der Waals surface area contributed by atoms with Crippen molar-refractivity contribution < 1.29 is 0 Å². The van der Waals surface area contributed by atoms with Gasteiger partial charge in [-0.15, -0.1) is 11.3 Å². The maximum absolute atomic E-state index is 8.90. The lowest BCUT2D eigenvalue weighted by Crippen LogP contribution is -2.22. The summed E-state index contributed by atoms with van der Waals surface area (Å²) in [7, 11) is 0. The third-order valence-electron chi connectivity index (χ3n) is 1.64. The Labute approximate surface area is 91.2 Å². The van der Waals surface area contributed by atoms with Crippen LogP contribution in [0.4, 0.5) is 0 Å². The lowest BCUT2D eigenvalue weighted by atomic mass is 10.3. The van der Waals surface area contributed by atoms with Crippen LogP contribution in [0, 0.1) is 18.3 Å². The maximum atomic E-state index is 8.90. The van der Waals surface area contributed by atoms with Crippen molar-refractivity contribution in [3.05, 3.63) is 26.5 Å². The molecule has 78 valence electrons. The SMILES string of the molecule is Cc1csc(C(C#N)NCCN=[N+]=[N-])n1. The van der Waals surface area contributed by atoms with E-state index in [4.69, 9.17) is 10.8 Å². The van der Waals surface area contributed by atoms with Gasteiger partial charge in [0.05, 0.1) is 6.07 Å². The number of aromatic nitrogens is 1. The Morgan fingerprint density at radius 1 is 1.87 bits per heavy atom. The van der Waals surface area contributed by atoms with E-state index < -0.39 is 6.04 Å². The average molecular weight is 222 g/mol. The van der Waals surface area contributed by atoms with Crippen LogP contribution >= 0.6 is 11.3 Å². The quantitative estimate of drug-likeness (QED) is 0.356. The standard InChI is InChI=1S/C8H10N6S/c1-6-5-15-8(13-6)7(4-9)11-2-3-12-14-10/h5,7,11H,2-3H2,1H3. The van der Waals surface area contributed by atoms with Crippen LogP contribution in [-0.4, -0.2) is 18.1 Å². The minimum Gasteiger partial charge on any atom is -0.296 e. The average Bonchev–Trinajstić information content (AvgIpc) is 2.65. The molecule has 1 aromatic rings. The molecule has 0 amide bonds. The van der Waals surface area contributed by atoms with Crippen molar-refractivity contribution in [3.63, 3.8) is 0 Å². The molecule has 0 bridgehead atoms. The second-order valence-electron chi connectivity index (χ2n) is 2.80. The normalized spacial score (nSPS) is 11.5. The van der Waals surface area contributed by atoms with E-state index >= 15 is 0 Å². The van der Waals surface area contributed by atoms with E-state index in [9.17, 15) is 0 Å². The first kappa shape index (κ1) is 11.5. The van der Waals surface area contributed by atoms with Crippen LogP contribution in [0.15, 0.2) is 10.5 Å². The van der Waals surface area contributed by atoms with Crippen LogP contribution in [0.25, 0.3) is 10.4 Å². The van der Waals surface area contributed by atoms with Crippen LogP contribution in [0.3, 0.4) is 0 Å². The summed E-state index contributed by atoms with van der Waals surface area (Å²) < 4.78 is 0. The van der Waals surface area contributed by atoms with Gasteiger partial charge < -0.3 is 0 Å². The monoisotopic (exact) mass is 222 g/mol. The Bertz CT molecular complexity index is 400. The summed E-state index contributed by atoms with van der Waals surface area (Å²) in [5.41, 5.74) is 8.97. The fourth-order valence-electron chi connectivity index (χ4n) is 0.997. The summed E-state index contributed by atoms with van der Waals surface area (Å²) in [4.78, 5) is 6.84. The van der Waals surface area contributed by atoms with Crippen molar-refractivity contribution in [2.24, 2.45) is 5.11 Å². The molecule has 0 aliphatic heterocycles. The molecule has 1 rings (SSSR count). The van der Waals surface area contributed by atoms with Gasteiger partial charge in [-0.1, -0.05) is 5.11 Å². The molecule has 0 radical (unpaired) electrons. The number of nitriles is 1. The third kappa shape index (κ3) is 3.56. The number of azide groups is 1. The second-order valence-corrected chi connectivity index (χ2v) is 3.69. The summed E-state index contributed by atoms with van der Waals surface area (Å²) in [5.74, 6) is 0. The van der Waals surface area contributed by atoms with Crippen molar-refractivity contribution in [3.8, 4) is 6.07 Å². The Hall–Kier alpha value is -1.61. The van der Waals surface area contributed by atoms with Crippen LogP contribution in [0.2, 0.25) is 0 Å². The molecule has 1 heterocycles. The summed E-state index contributed by atoms with van der Waals surface area (Å²) in [6.45, 7) is 2.69. The predicted octanol–water partition coefficient (Wildman–Crippen LogP) is 1.92. The zero-order chi connectivity index (χ0) is 11.1. The van der Waals surface area contributed by atoms with Gasteiger partial charge >= 0.3 is 0 Å². The van der Waals surface area contributed by atoms with E-state index in [1.54, 1.807) is 0 Å². The molecule has 1 N–H and O–H groups in total. The Morgan fingerprint density at radius 2 is 2.67 bits per heavy atom. The van der Waals surface area contributed by atoms with Gasteiger partial charge in [0, 0.05) is 29.1 Å². The molecule has 0 aromatic carbocycles. The fourth-order valence-corrected chi connectivity index (χ4v) is 1.81. The molecule has 0 saturated carbocycles. The summed E-state index contributed by atoms with van der Waals surface area (Å²) in [6, 6.07) is 1.69.